The second-order valence-corrected chi connectivity index (χ2v) is 4.30. The van der Waals surface area contributed by atoms with Crippen LogP contribution < -0.4 is 5.73 Å². The molecule has 2 N–H and O–H groups in total. The predicted molar refractivity (Wildman–Crippen MR) is 61.0 cm³/mol. The zero-order valence-electron chi connectivity index (χ0n) is 9.63. The maximum atomic E-state index is 12.8. The molecule has 0 aromatic heterocycles. The number of nitrogens with two attached hydrogens (primary N) is 1. The zero-order valence-corrected chi connectivity index (χ0v) is 9.63. The molecule has 1 aromatic carbocycles. The SMILES string of the molecule is Nc1ccc(C(=O)N2CCCC2)c(C(F)(F)F)c1. The number of nitrogens with zero attached hydrogens (tertiary/aromatic N) is 1. The minimum Gasteiger partial charge on any atom is -0.399 e. The van der Waals surface area contributed by atoms with Gasteiger partial charge in [0, 0.05) is 18.8 Å². The summed E-state index contributed by atoms with van der Waals surface area (Å²) in [5.74, 6) is -0.570. The van der Waals surface area contributed by atoms with E-state index in [2.05, 4.69) is 0 Å². The van der Waals surface area contributed by atoms with Crippen LogP contribution in [0.4, 0.5) is 18.9 Å². The first-order chi connectivity index (χ1) is 8.39. The highest BCUT2D eigenvalue weighted by molar-refractivity contribution is 5.96. The molecule has 0 unspecified atom stereocenters. The van der Waals surface area contributed by atoms with Crippen LogP contribution in [0.5, 0.6) is 0 Å². The van der Waals surface area contributed by atoms with Gasteiger partial charge in [0.15, 0.2) is 0 Å². The summed E-state index contributed by atoms with van der Waals surface area (Å²) in [7, 11) is 0. The Balaban J connectivity index is 2.40. The average Bonchev–Trinajstić information content (AvgIpc) is 2.80. The first kappa shape index (κ1) is 12.7. The van der Waals surface area contributed by atoms with Crippen LogP contribution in [-0.2, 0) is 6.18 Å². The summed E-state index contributed by atoms with van der Waals surface area (Å²) in [6.07, 6.45) is -2.90. The van der Waals surface area contributed by atoms with Gasteiger partial charge in [-0.2, -0.15) is 13.2 Å². The van der Waals surface area contributed by atoms with Gasteiger partial charge in [0.05, 0.1) is 11.1 Å². The molecule has 0 bridgehead atoms. The monoisotopic (exact) mass is 258 g/mol. The van der Waals surface area contributed by atoms with E-state index in [0.29, 0.717) is 13.1 Å². The van der Waals surface area contributed by atoms with Crippen LogP contribution in [0, 0.1) is 0 Å². The number of likely N-dealkylation sites (tertiary alicyclic amines) is 1. The lowest BCUT2D eigenvalue weighted by Crippen LogP contribution is -2.29. The smallest absolute Gasteiger partial charge is 0.399 e. The van der Waals surface area contributed by atoms with Gasteiger partial charge in [-0.3, -0.25) is 4.79 Å². The fourth-order valence-corrected chi connectivity index (χ4v) is 2.07. The van der Waals surface area contributed by atoms with Gasteiger partial charge in [0.1, 0.15) is 0 Å². The molecule has 98 valence electrons. The topological polar surface area (TPSA) is 46.3 Å². The molecule has 6 heteroatoms. The average molecular weight is 258 g/mol. The van der Waals surface area contributed by atoms with Crippen LogP contribution in [0.15, 0.2) is 18.2 Å². The maximum absolute atomic E-state index is 12.8. The molecule has 0 aliphatic carbocycles. The molecule has 0 radical (unpaired) electrons. The third-order valence-corrected chi connectivity index (χ3v) is 2.97. The summed E-state index contributed by atoms with van der Waals surface area (Å²) in [5, 5.41) is 0. The van der Waals surface area contributed by atoms with Crippen molar-refractivity contribution in [3.63, 3.8) is 0 Å². The summed E-state index contributed by atoms with van der Waals surface area (Å²) < 4.78 is 38.5. The van der Waals surface area contributed by atoms with Gasteiger partial charge in [-0.25, -0.2) is 0 Å². The molecule has 1 aliphatic rings. The zero-order chi connectivity index (χ0) is 13.3. The van der Waals surface area contributed by atoms with E-state index >= 15 is 0 Å². The number of carbonyl (C=O) groups excluding carboxylic acids is 1. The van der Waals surface area contributed by atoms with Gasteiger partial charge in [-0.1, -0.05) is 0 Å². The molecule has 1 amide bonds. The van der Waals surface area contributed by atoms with Crippen LogP contribution in [0.2, 0.25) is 0 Å². The fourth-order valence-electron chi connectivity index (χ4n) is 2.07. The van der Waals surface area contributed by atoms with Crippen molar-refractivity contribution in [3.8, 4) is 0 Å². The van der Waals surface area contributed by atoms with Crippen molar-refractivity contribution >= 4 is 11.6 Å². The quantitative estimate of drug-likeness (QED) is 0.787. The van der Waals surface area contributed by atoms with Crippen molar-refractivity contribution in [1.82, 2.24) is 4.90 Å². The van der Waals surface area contributed by atoms with Crippen molar-refractivity contribution in [2.24, 2.45) is 0 Å². The van der Waals surface area contributed by atoms with Crippen LogP contribution in [0.25, 0.3) is 0 Å². The number of nitrogen functional groups attached to an aromatic ring is 1. The third-order valence-electron chi connectivity index (χ3n) is 2.97. The number of anilines is 1. The van der Waals surface area contributed by atoms with Crippen LogP contribution in [-0.4, -0.2) is 23.9 Å². The molecular weight excluding hydrogens is 245 g/mol. The van der Waals surface area contributed by atoms with Crippen molar-refractivity contribution in [3.05, 3.63) is 29.3 Å². The lowest BCUT2D eigenvalue weighted by molar-refractivity contribution is -0.138. The summed E-state index contributed by atoms with van der Waals surface area (Å²) >= 11 is 0. The van der Waals surface area contributed by atoms with E-state index in [9.17, 15) is 18.0 Å². The third kappa shape index (κ3) is 2.42. The van der Waals surface area contributed by atoms with Gasteiger partial charge >= 0.3 is 6.18 Å². The molecule has 0 saturated carbocycles. The molecule has 0 spiro atoms. The number of rotatable bonds is 1. The van der Waals surface area contributed by atoms with E-state index in [-0.39, 0.29) is 11.3 Å². The minimum atomic E-state index is -4.57. The predicted octanol–water partition coefficient (Wildman–Crippen LogP) is 2.52. The second-order valence-electron chi connectivity index (χ2n) is 4.30. The fraction of sp³-hybridized carbons (Fsp3) is 0.417. The normalized spacial score (nSPS) is 16.1. The lowest BCUT2D eigenvalue weighted by atomic mass is 10.0. The highest BCUT2D eigenvalue weighted by atomic mass is 19.4. The van der Waals surface area contributed by atoms with Crippen molar-refractivity contribution in [2.75, 3.05) is 18.8 Å². The van der Waals surface area contributed by atoms with Gasteiger partial charge in [-0.05, 0) is 31.0 Å². The van der Waals surface area contributed by atoms with Crippen LogP contribution >= 0.6 is 0 Å². The number of hydrogen-bond acceptors (Lipinski definition) is 2. The summed E-state index contributed by atoms with van der Waals surface area (Å²) in [6, 6.07) is 3.28. The molecule has 1 saturated heterocycles. The Hall–Kier alpha value is -1.72. The van der Waals surface area contributed by atoms with E-state index in [1.165, 1.54) is 11.0 Å². The number of halogens is 3. The first-order valence-corrected chi connectivity index (χ1v) is 5.65. The Morgan fingerprint density at radius 2 is 1.83 bits per heavy atom. The van der Waals surface area contributed by atoms with Gasteiger partial charge in [0.2, 0.25) is 0 Å². The largest absolute Gasteiger partial charge is 0.417 e. The highest BCUT2D eigenvalue weighted by Crippen LogP contribution is 2.34. The maximum Gasteiger partial charge on any atom is 0.417 e. The van der Waals surface area contributed by atoms with Gasteiger partial charge < -0.3 is 10.6 Å². The molecule has 1 fully saturated rings. The second kappa shape index (κ2) is 4.51. The van der Waals surface area contributed by atoms with Crippen LogP contribution in [0.1, 0.15) is 28.8 Å². The standard InChI is InChI=1S/C12H13F3N2O/c13-12(14,15)10-7-8(16)3-4-9(10)11(18)17-5-1-2-6-17/h3-4,7H,1-2,5-6,16H2. The van der Waals surface area contributed by atoms with Crippen LogP contribution in [0.3, 0.4) is 0 Å². The first-order valence-electron chi connectivity index (χ1n) is 5.65. The number of carbonyl (C=O) groups is 1. The molecule has 2 rings (SSSR count). The molecule has 18 heavy (non-hydrogen) atoms. The minimum absolute atomic E-state index is 0.000275. The Morgan fingerprint density at radius 1 is 1.22 bits per heavy atom. The Bertz CT molecular complexity index is 465. The Labute approximate surface area is 102 Å². The Kier molecular flexibility index (Phi) is 3.19. The summed E-state index contributed by atoms with van der Waals surface area (Å²) in [5.41, 5.74) is 4.07. The van der Waals surface area contributed by atoms with E-state index in [1.807, 2.05) is 0 Å². The summed E-state index contributed by atoms with van der Waals surface area (Å²) in [6.45, 7) is 1.03. The molecule has 1 heterocycles. The number of benzene rings is 1. The summed E-state index contributed by atoms with van der Waals surface area (Å²) in [4.78, 5) is 13.5. The number of hydrogen-bond donors (Lipinski definition) is 1. The van der Waals surface area contributed by atoms with E-state index in [1.54, 1.807) is 0 Å². The molecule has 1 aliphatic heterocycles. The molecule has 0 atom stereocenters. The van der Waals surface area contributed by atoms with Gasteiger partial charge in [-0.15, -0.1) is 0 Å². The Morgan fingerprint density at radius 3 is 2.39 bits per heavy atom. The number of amides is 1. The molecular formula is C12H13F3N2O. The molecule has 1 aromatic rings. The van der Waals surface area contributed by atoms with Crippen molar-refractivity contribution < 1.29 is 18.0 Å². The van der Waals surface area contributed by atoms with Crippen molar-refractivity contribution in [1.29, 1.82) is 0 Å². The highest BCUT2D eigenvalue weighted by Gasteiger charge is 2.36. The van der Waals surface area contributed by atoms with E-state index in [4.69, 9.17) is 5.73 Å². The molecule has 3 nitrogen and oxygen atoms in total. The lowest BCUT2D eigenvalue weighted by Gasteiger charge is -2.19. The van der Waals surface area contributed by atoms with Gasteiger partial charge in [0.25, 0.3) is 5.91 Å². The van der Waals surface area contributed by atoms with E-state index in [0.717, 1.165) is 25.0 Å². The van der Waals surface area contributed by atoms with E-state index < -0.39 is 17.6 Å². The number of alkyl halides is 3. The van der Waals surface area contributed by atoms with Crippen molar-refractivity contribution in [2.45, 2.75) is 19.0 Å².